The van der Waals surface area contributed by atoms with Gasteiger partial charge in [0.25, 0.3) is 0 Å². The van der Waals surface area contributed by atoms with E-state index in [1.807, 2.05) is 0 Å². The monoisotopic (exact) mass is 224 g/mol. The van der Waals surface area contributed by atoms with Crippen molar-refractivity contribution in [1.29, 1.82) is 0 Å². The molecule has 3 aliphatic rings. The van der Waals surface area contributed by atoms with Gasteiger partial charge in [-0.1, -0.05) is 0 Å². The summed E-state index contributed by atoms with van der Waals surface area (Å²) in [6.07, 6.45) is 4.37. The Hall–Kier alpha value is -0.610. The van der Waals surface area contributed by atoms with Crippen molar-refractivity contribution >= 4 is 5.91 Å². The number of ether oxygens (including phenoxy) is 1. The fourth-order valence-electron chi connectivity index (χ4n) is 3.27. The smallest absolute Gasteiger partial charge is 0.225 e. The van der Waals surface area contributed by atoms with Gasteiger partial charge in [-0.05, 0) is 32.6 Å². The van der Waals surface area contributed by atoms with Gasteiger partial charge in [0.15, 0.2) is 0 Å². The van der Waals surface area contributed by atoms with E-state index in [4.69, 9.17) is 4.74 Å². The van der Waals surface area contributed by atoms with Crippen LogP contribution in [0.5, 0.6) is 0 Å². The second-order valence-corrected chi connectivity index (χ2v) is 5.74. The van der Waals surface area contributed by atoms with Crippen molar-refractivity contribution in [2.45, 2.75) is 50.2 Å². The second kappa shape index (κ2) is 3.70. The van der Waals surface area contributed by atoms with Gasteiger partial charge in [0, 0.05) is 18.7 Å². The van der Waals surface area contributed by atoms with Crippen LogP contribution in [0.3, 0.4) is 0 Å². The van der Waals surface area contributed by atoms with Crippen LogP contribution in [0.2, 0.25) is 0 Å². The molecule has 0 radical (unpaired) electrons. The zero-order chi connectivity index (χ0) is 11.2. The van der Waals surface area contributed by atoms with Gasteiger partial charge < -0.3 is 15.4 Å². The lowest BCUT2D eigenvalue weighted by molar-refractivity contribution is -0.127. The maximum atomic E-state index is 12.2. The van der Waals surface area contributed by atoms with Crippen molar-refractivity contribution < 1.29 is 9.53 Å². The normalized spacial score (nSPS) is 46.2. The molecule has 0 saturated carbocycles. The summed E-state index contributed by atoms with van der Waals surface area (Å²) in [4.78, 5) is 12.2. The van der Waals surface area contributed by atoms with Crippen molar-refractivity contribution in [3.05, 3.63) is 0 Å². The van der Waals surface area contributed by atoms with Gasteiger partial charge in [0.2, 0.25) is 5.91 Å². The Bertz CT molecular complexity index is 299. The summed E-state index contributed by atoms with van der Waals surface area (Å²) in [6.45, 7) is 3.51. The standard InChI is InChI=1S/C12H20N2O2/c1-12(4-5-16-7-12)14-11(15)9-6-8-2-3-10(9)13-8/h8-10,13H,2-7H2,1H3,(H,14,15). The third-order valence-electron chi connectivity index (χ3n) is 4.28. The molecule has 3 rings (SSSR count). The van der Waals surface area contributed by atoms with E-state index < -0.39 is 0 Å². The first-order chi connectivity index (χ1) is 7.66. The molecule has 1 amide bonds. The predicted octanol–water partition coefficient (Wildman–Crippen LogP) is 0.422. The quantitative estimate of drug-likeness (QED) is 0.715. The zero-order valence-electron chi connectivity index (χ0n) is 9.79. The fourth-order valence-corrected chi connectivity index (χ4v) is 3.27. The van der Waals surface area contributed by atoms with E-state index >= 15 is 0 Å². The molecule has 90 valence electrons. The lowest BCUT2D eigenvalue weighted by atomic mass is 9.87. The summed E-state index contributed by atoms with van der Waals surface area (Å²) < 4.78 is 5.36. The predicted molar refractivity (Wildman–Crippen MR) is 60.0 cm³/mol. The molecule has 0 aromatic carbocycles. The Labute approximate surface area is 96.1 Å². The van der Waals surface area contributed by atoms with Gasteiger partial charge in [-0.15, -0.1) is 0 Å². The van der Waals surface area contributed by atoms with Crippen LogP contribution in [0.1, 0.15) is 32.6 Å². The number of carbonyl (C=O) groups excluding carboxylic acids is 1. The molecule has 3 aliphatic heterocycles. The van der Waals surface area contributed by atoms with Crippen LogP contribution in [0.15, 0.2) is 0 Å². The number of amides is 1. The van der Waals surface area contributed by atoms with Crippen molar-refractivity contribution in [3.63, 3.8) is 0 Å². The van der Waals surface area contributed by atoms with E-state index in [0.717, 1.165) is 25.9 Å². The topological polar surface area (TPSA) is 50.4 Å². The lowest BCUT2D eigenvalue weighted by Crippen LogP contribution is -2.50. The van der Waals surface area contributed by atoms with Crippen LogP contribution >= 0.6 is 0 Å². The van der Waals surface area contributed by atoms with Crippen molar-refractivity contribution in [2.24, 2.45) is 5.92 Å². The van der Waals surface area contributed by atoms with E-state index in [1.165, 1.54) is 6.42 Å². The first-order valence-electron chi connectivity index (χ1n) is 6.32. The van der Waals surface area contributed by atoms with Gasteiger partial charge in [0.05, 0.1) is 18.1 Å². The van der Waals surface area contributed by atoms with Crippen LogP contribution in [-0.4, -0.2) is 36.7 Å². The third-order valence-corrected chi connectivity index (χ3v) is 4.28. The van der Waals surface area contributed by atoms with Crippen LogP contribution < -0.4 is 10.6 Å². The number of hydrogen-bond donors (Lipinski definition) is 2. The first-order valence-corrected chi connectivity index (χ1v) is 6.32. The molecule has 3 heterocycles. The Morgan fingerprint density at radius 3 is 2.94 bits per heavy atom. The van der Waals surface area contributed by atoms with Crippen LogP contribution in [0.4, 0.5) is 0 Å². The molecule has 16 heavy (non-hydrogen) atoms. The maximum Gasteiger partial charge on any atom is 0.225 e. The lowest BCUT2D eigenvalue weighted by Gasteiger charge is -2.28. The third kappa shape index (κ3) is 1.74. The molecule has 0 aliphatic carbocycles. The van der Waals surface area contributed by atoms with Crippen LogP contribution in [0.25, 0.3) is 0 Å². The average Bonchev–Trinajstić information content (AvgIpc) is 2.92. The Morgan fingerprint density at radius 1 is 1.50 bits per heavy atom. The molecule has 0 aromatic heterocycles. The molecular formula is C12H20N2O2. The Morgan fingerprint density at radius 2 is 2.38 bits per heavy atom. The highest BCUT2D eigenvalue weighted by Gasteiger charge is 2.44. The summed E-state index contributed by atoms with van der Waals surface area (Å²) >= 11 is 0. The molecule has 0 spiro atoms. The number of rotatable bonds is 2. The molecule has 3 fully saturated rings. The largest absolute Gasteiger partial charge is 0.379 e. The van der Waals surface area contributed by atoms with E-state index in [-0.39, 0.29) is 17.4 Å². The highest BCUT2D eigenvalue weighted by atomic mass is 16.5. The van der Waals surface area contributed by atoms with Crippen molar-refractivity contribution in [2.75, 3.05) is 13.2 Å². The van der Waals surface area contributed by atoms with Gasteiger partial charge in [-0.25, -0.2) is 0 Å². The maximum absolute atomic E-state index is 12.2. The van der Waals surface area contributed by atoms with Gasteiger partial charge >= 0.3 is 0 Å². The number of hydrogen-bond acceptors (Lipinski definition) is 3. The molecule has 2 bridgehead atoms. The van der Waals surface area contributed by atoms with E-state index in [1.54, 1.807) is 0 Å². The molecule has 4 heteroatoms. The summed E-state index contributed by atoms with van der Waals surface area (Å²) in [5, 5.41) is 6.68. The Balaban J connectivity index is 1.61. The van der Waals surface area contributed by atoms with Crippen molar-refractivity contribution in [1.82, 2.24) is 10.6 Å². The summed E-state index contributed by atoms with van der Waals surface area (Å²) in [5.74, 6) is 0.420. The van der Waals surface area contributed by atoms with Gasteiger partial charge in [-0.3, -0.25) is 4.79 Å². The van der Waals surface area contributed by atoms with E-state index in [9.17, 15) is 4.79 Å². The van der Waals surface area contributed by atoms with Crippen LogP contribution in [0, 0.1) is 5.92 Å². The minimum absolute atomic E-state index is 0.126. The first kappa shape index (κ1) is 10.5. The molecule has 3 saturated heterocycles. The number of carbonyl (C=O) groups is 1. The molecule has 0 aromatic rings. The number of nitrogens with one attached hydrogen (secondary N) is 2. The molecule has 2 N–H and O–H groups in total. The number of fused-ring (bicyclic) bond motifs is 2. The highest BCUT2D eigenvalue weighted by Crippen LogP contribution is 2.33. The van der Waals surface area contributed by atoms with Crippen molar-refractivity contribution in [3.8, 4) is 0 Å². The molecule has 4 unspecified atom stereocenters. The highest BCUT2D eigenvalue weighted by molar-refractivity contribution is 5.80. The van der Waals surface area contributed by atoms with Gasteiger partial charge in [-0.2, -0.15) is 0 Å². The zero-order valence-corrected chi connectivity index (χ0v) is 9.79. The SMILES string of the molecule is CC1(NC(=O)C2CC3CCC2N3)CCOC1. The molecular weight excluding hydrogens is 204 g/mol. The van der Waals surface area contributed by atoms with E-state index in [2.05, 4.69) is 17.6 Å². The van der Waals surface area contributed by atoms with Crippen LogP contribution in [-0.2, 0) is 9.53 Å². The Kier molecular flexibility index (Phi) is 2.44. The molecule has 4 nitrogen and oxygen atoms in total. The average molecular weight is 224 g/mol. The van der Waals surface area contributed by atoms with Gasteiger partial charge in [0.1, 0.15) is 0 Å². The fraction of sp³-hybridized carbons (Fsp3) is 0.917. The summed E-state index contributed by atoms with van der Waals surface area (Å²) in [6, 6.07) is 1.02. The minimum atomic E-state index is -0.126. The summed E-state index contributed by atoms with van der Waals surface area (Å²) in [5.41, 5.74) is -0.126. The second-order valence-electron chi connectivity index (χ2n) is 5.74. The minimum Gasteiger partial charge on any atom is -0.379 e. The summed E-state index contributed by atoms with van der Waals surface area (Å²) in [7, 11) is 0. The molecule has 4 atom stereocenters. The van der Waals surface area contributed by atoms with E-state index in [0.29, 0.717) is 18.7 Å².